The number of carbonyl (C=O) groups excluding carboxylic acids is 2. The fraction of sp³-hybridized carbons (Fsp3) is 0.905. The largest absolute Gasteiger partial charge is 0.455 e. The SMILES string of the molecule is CCC(OC(=O)C(C)(CC(C)(C)N)C(C)(C)N)C(F)(F)C(=O)OC1(C)CCCC1. The molecule has 6 nitrogen and oxygen atoms in total. The van der Waals surface area contributed by atoms with Gasteiger partial charge < -0.3 is 20.9 Å². The molecule has 170 valence electrons. The number of ether oxygens (including phenoxy) is 2. The van der Waals surface area contributed by atoms with E-state index >= 15 is 0 Å². The van der Waals surface area contributed by atoms with E-state index in [0.29, 0.717) is 12.8 Å². The predicted octanol–water partition coefficient (Wildman–Crippen LogP) is 3.69. The standard InChI is InChI=1S/C21H38F2N2O4/c1-8-14(21(22,23)16(27)29-19(6)11-9-10-12-19)28-15(26)20(7,18(4,5)25)13-17(2,3)24/h14H,8-13,24-25H2,1-7H3. The predicted molar refractivity (Wildman–Crippen MR) is 107 cm³/mol. The molecule has 4 N–H and O–H groups in total. The number of esters is 2. The van der Waals surface area contributed by atoms with E-state index in [2.05, 4.69) is 0 Å². The molecule has 2 atom stereocenters. The van der Waals surface area contributed by atoms with Gasteiger partial charge in [-0.2, -0.15) is 8.78 Å². The summed E-state index contributed by atoms with van der Waals surface area (Å²) in [5.74, 6) is -6.53. The molecule has 0 saturated heterocycles. The Labute approximate surface area is 173 Å². The Bertz CT molecular complexity index is 605. The van der Waals surface area contributed by atoms with Crippen LogP contribution in [0, 0.1) is 5.41 Å². The van der Waals surface area contributed by atoms with Gasteiger partial charge in [0.2, 0.25) is 0 Å². The van der Waals surface area contributed by atoms with Gasteiger partial charge in [-0.25, -0.2) is 4.79 Å². The van der Waals surface area contributed by atoms with E-state index in [1.165, 1.54) is 6.92 Å². The van der Waals surface area contributed by atoms with Gasteiger partial charge in [-0.05, 0) is 80.1 Å². The van der Waals surface area contributed by atoms with Crippen molar-refractivity contribution in [3.63, 3.8) is 0 Å². The summed E-state index contributed by atoms with van der Waals surface area (Å²) in [6, 6.07) is 0. The molecule has 0 radical (unpaired) electrons. The number of hydrogen-bond donors (Lipinski definition) is 2. The van der Waals surface area contributed by atoms with Gasteiger partial charge in [-0.1, -0.05) is 6.92 Å². The number of halogens is 2. The Morgan fingerprint density at radius 2 is 1.52 bits per heavy atom. The molecule has 2 unspecified atom stereocenters. The number of nitrogens with two attached hydrogens (primary N) is 2. The first kappa shape index (κ1) is 25.8. The molecule has 1 saturated carbocycles. The van der Waals surface area contributed by atoms with Crippen molar-refractivity contribution >= 4 is 11.9 Å². The third-order valence-corrected chi connectivity index (χ3v) is 5.98. The van der Waals surface area contributed by atoms with E-state index < -0.39 is 46.1 Å². The Morgan fingerprint density at radius 1 is 1.03 bits per heavy atom. The number of hydrogen-bond acceptors (Lipinski definition) is 6. The van der Waals surface area contributed by atoms with E-state index in [1.807, 2.05) is 0 Å². The van der Waals surface area contributed by atoms with Gasteiger partial charge in [-0.3, -0.25) is 4.79 Å². The lowest BCUT2D eigenvalue weighted by molar-refractivity contribution is -0.212. The Kier molecular flexibility index (Phi) is 7.51. The zero-order valence-corrected chi connectivity index (χ0v) is 18.9. The topological polar surface area (TPSA) is 105 Å². The molecular formula is C21H38F2N2O4. The molecule has 0 amide bonds. The summed E-state index contributed by atoms with van der Waals surface area (Å²) in [5, 5.41) is 0. The van der Waals surface area contributed by atoms with E-state index in [0.717, 1.165) is 12.8 Å². The third-order valence-electron chi connectivity index (χ3n) is 5.98. The number of carbonyl (C=O) groups is 2. The van der Waals surface area contributed by atoms with Crippen molar-refractivity contribution in [2.75, 3.05) is 0 Å². The van der Waals surface area contributed by atoms with Crippen LogP contribution >= 0.6 is 0 Å². The zero-order chi connectivity index (χ0) is 22.9. The Hall–Kier alpha value is -1.28. The lowest BCUT2D eigenvalue weighted by Crippen LogP contribution is -2.59. The van der Waals surface area contributed by atoms with Crippen LogP contribution in [0.25, 0.3) is 0 Å². The van der Waals surface area contributed by atoms with Crippen LogP contribution in [-0.2, 0) is 19.1 Å². The molecule has 1 fully saturated rings. The smallest absolute Gasteiger partial charge is 0.381 e. The Balaban J connectivity index is 3.06. The second-order valence-corrected chi connectivity index (χ2v) is 10.2. The third kappa shape index (κ3) is 6.10. The van der Waals surface area contributed by atoms with E-state index in [9.17, 15) is 18.4 Å². The van der Waals surface area contributed by atoms with Crippen molar-refractivity contribution in [2.45, 2.75) is 116 Å². The summed E-state index contributed by atoms with van der Waals surface area (Å²) in [4.78, 5) is 25.3. The summed E-state index contributed by atoms with van der Waals surface area (Å²) < 4.78 is 40.1. The van der Waals surface area contributed by atoms with Gasteiger partial charge in [0.05, 0.1) is 5.41 Å². The molecule has 1 aliphatic carbocycles. The Morgan fingerprint density at radius 3 is 1.90 bits per heavy atom. The minimum Gasteiger partial charge on any atom is -0.455 e. The molecule has 0 aromatic heterocycles. The van der Waals surface area contributed by atoms with Crippen LogP contribution in [0.3, 0.4) is 0 Å². The first-order valence-corrected chi connectivity index (χ1v) is 10.3. The lowest BCUT2D eigenvalue weighted by Gasteiger charge is -2.43. The van der Waals surface area contributed by atoms with Crippen LogP contribution in [0.5, 0.6) is 0 Å². The quantitative estimate of drug-likeness (QED) is 0.551. The van der Waals surface area contributed by atoms with Gasteiger partial charge >= 0.3 is 17.9 Å². The van der Waals surface area contributed by atoms with Crippen LogP contribution in [0.15, 0.2) is 0 Å². The molecule has 8 heteroatoms. The van der Waals surface area contributed by atoms with E-state index in [4.69, 9.17) is 20.9 Å². The summed E-state index contributed by atoms with van der Waals surface area (Å²) >= 11 is 0. The molecule has 0 heterocycles. The number of alkyl halides is 2. The first-order chi connectivity index (χ1) is 12.9. The molecule has 1 aliphatic rings. The van der Waals surface area contributed by atoms with Gasteiger partial charge in [-0.15, -0.1) is 0 Å². The lowest BCUT2D eigenvalue weighted by atomic mass is 9.67. The summed E-state index contributed by atoms with van der Waals surface area (Å²) in [7, 11) is 0. The van der Waals surface area contributed by atoms with Crippen LogP contribution < -0.4 is 11.5 Å². The fourth-order valence-corrected chi connectivity index (χ4v) is 3.80. The van der Waals surface area contributed by atoms with Crippen LogP contribution in [-0.4, -0.2) is 40.6 Å². The summed E-state index contributed by atoms with van der Waals surface area (Å²) in [6.07, 6.45) is 0.632. The minimum atomic E-state index is -3.96. The minimum absolute atomic E-state index is 0.118. The highest BCUT2D eigenvalue weighted by Crippen LogP contribution is 2.40. The number of rotatable bonds is 9. The monoisotopic (exact) mass is 420 g/mol. The van der Waals surface area contributed by atoms with Crippen LogP contribution in [0.1, 0.15) is 87.0 Å². The molecular weight excluding hydrogens is 382 g/mol. The van der Waals surface area contributed by atoms with Crippen LogP contribution in [0.4, 0.5) is 8.78 Å². The summed E-state index contributed by atoms with van der Waals surface area (Å²) in [5.41, 5.74) is 8.15. The molecule has 0 aliphatic heterocycles. The average molecular weight is 421 g/mol. The van der Waals surface area contributed by atoms with Crippen molar-refractivity contribution in [1.82, 2.24) is 0 Å². The molecule has 0 spiro atoms. The normalized spacial score (nSPS) is 20.7. The highest BCUT2D eigenvalue weighted by Gasteiger charge is 2.56. The molecule has 29 heavy (non-hydrogen) atoms. The van der Waals surface area contributed by atoms with E-state index in [-0.39, 0.29) is 12.8 Å². The average Bonchev–Trinajstić information content (AvgIpc) is 2.95. The maximum Gasteiger partial charge on any atom is 0.381 e. The fourth-order valence-electron chi connectivity index (χ4n) is 3.80. The maximum atomic E-state index is 14.9. The molecule has 0 bridgehead atoms. The van der Waals surface area contributed by atoms with Gasteiger partial charge in [0.1, 0.15) is 5.60 Å². The van der Waals surface area contributed by atoms with Crippen molar-refractivity contribution in [3.8, 4) is 0 Å². The van der Waals surface area contributed by atoms with Crippen molar-refractivity contribution in [2.24, 2.45) is 16.9 Å². The van der Waals surface area contributed by atoms with Crippen molar-refractivity contribution in [1.29, 1.82) is 0 Å². The highest BCUT2D eigenvalue weighted by atomic mass is 19.3. The van der Waals surface area contributed by atoms with Gasteiger partial charge in [0, 0.05) is 11.1 Å². The van der Waals surface area contributed by atoms with Crippen LogP contribution in [0.2, 0.25) is 0 Å². The van der Waals surface area contributed by atoms with E-state index in [1.54, 1.807) is 41.5 Å². The van der Waals surface area contributed by atoms with Gasteiger partial charge in [0.15, 0.2) is 6.10 Å². The first-order valence-electron chi connectivity index (χ1n) is 10.3. The second kappa shape index (κ2) is 8.46. The summed E-state index contributed by atoms with van der Waals surface area (Å²) in [6.45, 7) is 11.3. The maximum absolute atomic E-state index is 14.9. The van der Waals surface area contributed by atoms with Crippen molar-refractivity contribution in [3.05, 3.63) is 0 Å². The van der Waals surface area contributed by atoms with Crippen molar-refractivity contribution < 1.29 is 27.8 Å². The zero-order valence-electron chi connectivity index (χ0n) is 18.9. The molecule has 0 aromatic rings. The molecule has 1 rings (SSSR count). The molecule has 0 aromatic carbocycles. The highest BCUT2D eigenvalue weighted by molar-refractivity contribution is 5.81. The second-order valence-electron chi connectivity index (χ2n) is 10.2. The van der Waals surface area contributed by atoms with Gasteiger partial charge in [0.25, 0.3) is 0 Å².